The number of nitrogens with one attached hydrogen (secondary N) is 1. The quantitative estimate of drug-likeness (QED) is 0.755. The Morgan fingerprint density at radius 3 is 2.33 bits per heavy atom. The molecule has 0 saturated carbocycles. The summed E-state index contributed by atoms with van der Waals surface area (Å²) in [7, 11) is 0. The van der Waals surface area contributed by atoms with Crippen molar-refractivity contribution in [2.45, 2.75) is 38.8 Å². The molecule has 3 heteroatoms. The monoisotopic (exact) mass is 212 g/mol. The van der Waals surface area contributed by atoms with Crippen molar-refractivity contribution in [1.82, 2.24) is 10.2 Å². The van der Waals surface area contributed by atoms with Crippen LogP contribution in [0.3, 0.4) is 0 Å². The summed E-state index contributed by atoms with van der Waals surface area (Å²) in [6.45, 7) is 10.2. The maximum atomic E-state index is 5.18. The highest BCUT2D eigenvalue weighted by atomic mass is 16.5. The lowest BCUT2D eigenvalue weighted by Crippen LogP contribution is -2.53. The molecule has 0 aromatic rings. The Labute approximate surface area is 93.2 Å². The molecule has 0 bridgehead atoms. The van der Waals surface area contributed by atoms with Gasteiger partial charge in [0.2, 0.25) is 0 Å². The number of hydrogen-bond donors (Lipinski definition) is 1. The Bertz CT molecular complexity index is 184. The Morgan fingerprint density at radius 2 is 1.87 bits per heavy atom. The number of nitrogens with zero attached hydrogens (tertiary/aromatic N) is 1. The fourth-order valence-electron chi connectivity index (χ4n) is 2.46. The van der Waals surface area contributed by atoms with Crippen LogP contribution >= 0.6 is 0 Å². The topological polar surface area (TPSA) is 24.5 Å². The first-order valence-corrected chi connectivity index (χ1v) is 6.30. The second-order valence-electron chi connectivity index (χ2n) is 5.37. The average Bonchev–Trinajstić information content (AvgIpc) is 2.13. The summed E-state index contributed by atoms with van der Waals surface area (Å²) in [5.74, 6) is 0.801. The van der Waals surface area contributed by atoms with Gasteiger partial charge in [-0.3, -0.25) is 0 Å². The number of ether oxygens (including phenoxy) is 1. The number of piperidine rings is 1. The van der Waals surface area contributed by atoms with Crippen molar-refractivity contribution >= 4 is 0 Å². The van der Waals surface area contributed by atoms with E-state index in [1.165, 1.54) is 32.5 Å². The van der Waals surface area contributed by atoms with E-state index in [1.54, 1.807) is 0 Å². The third kappa shape index (κ3) is 3.44. The average molecular weight is 212 g/mol. The standard InChI is InChI=1S/C12H24N2O/c1-10(2)7-14-5-3-11(4-6-14)13-12-8-15-9-12/h10-13H,3-9H2,1-2H3. The minimum Gasteiger partial charge on any atom is -0.378 e. The summed E-state index contributed by atoms with van der Waals surface area (Å²) in [6.07, 6.45) is 2.62. The van der Waals surface area contributed by atoms with Crippen LogP contribution in [0.4, 0.5) is 0 Å². The maximum absolute atomic E-state index is 5.18. The molecular weight excluding hydrogens is 188 g/mol. The summed E-state index contributed by atoms with van der Waals surface area (Å²) in [5, 5.41) is 3.68. The zero-order chi connectivity index (χ0) is 10.7. The van der Waals surface area contributed by atoms with Gasteiger partial charge >= 0.3 is 0 Å². The lowest BCUT2D eigenvalue weighted by molar-refractivity contribution is -0.0137. The minimum absolute atomic E-state index is 0.645. The Morgan fingerprint density at radius 1 is 1.20 bits per heavy atom. The highest BCUT2D eigenvalue weighted by Gasteiger charge is 2.25. The van der Waals surface area contributed by atoms with Crippen molar-refractivity contribution in [2.75, 3.05) is 32.8 Å². The minimum atomic E-state index is 0.645. The first-order chi connectivity index (χ1) is 7.24. The van der Waals surface area contributed by atoms with E-state index >= 15 is 0 Å². The van der Waals surface area contributed by atoms with Crippen molar-refractivity contribution in [3.8, 4) is 0 Å². The van der Waals surface area contributed by atoms with E-state index < -0.39 is 0 Å². The Kier molecular flexibility index (Phi) is 4.00. The fourth-order valence-corrected chi connectivity index (χ4v) is 2.46. The van der Waals surface area contributed by atoms with Crippen molar-refractivity contribution in [1.29, 1.82) is 0 Å². The van der Waals surface area contributed by atoms with Gasteiger partial charge in [0.1, 0.15) is 0 Å². The predicted octanol–water partition coefficient (Wildman–Crippen LogP) is 1.10. The predicted molar refractivity (Wildman–Crippen MR) is 62.0 cm³/mol. The molecule has 0 atom stereocenters. The van der Waals surface area contributed by atoms with E-state index in [4.69, 9.17) is 4.74 Å². The molecule has 15 heavy (non-hydrogen) atoms. The molecule has 88 valence electrons. The van der Waals surface area contributed by atoms with Gasteiger partial charge in [-0.05, 0) is 31.8 Å². The summed E-state index contributed by atoms with van der Waals surface area (Å²) >= 11 is 0. The van der Waals surface area contributed by atoms with E-state index in [2.05, 4.69) is 24.1 Å². The van der Waals surface area contributed by atoms with Gasteiger partial charge in [0.05, 0.1) is 19.3 Å². The lowest BCUT2D eigenvalue weighted by atomic mass is 10.0. The second kappa shape index (κ2) is 5.28. The van der Waals surface area contributed by atoms with Crippen molar-refractivity contribution in [3.05, 3.63) is 0 Å². The van der Waals surface area contributed by atoms with Gasteiger partial charge in [-0.15, -0.1) is 0 Å². The third-order valence-electron chi connectivity index (χ3n) is 3.32. The van der Waals surface area contributed by atoms with Gasteiger partial charge in [-0.2, -0.15) is 0 Å². The van der Waals surface area contributed by atoms with Gasteiger partial charge in [0.25, 0.3) is 0 Å². The zero-order valence-corrected chi connectivity index (χ0v) is 10.0. The molecule has 1 N–H and O–H groups in total. The Balaban J connectivity index is 1.62. The van der Waals surface area contributed by atoms with Crippen LogP contribution in [0, 0.1) is 5.92 Å². The van der Waals surface area contributed by atoms with Crippen LogP contribution in [0.2, 0.25) is 0 Å². The van der Waals surface area contributed by atoms with Crippen LogP contribution in [0.1, 0.15) is 26.7 Å². The summed E-state index contributed by atoms with van der Waals surface area (Å²) in [4.78, 5) is 2.60. The molecule has 0 aromatic heterocycles. The first-order valence-electron chi connectivity index (χ1n) is 6.30. The van der Waals surface area contributed by atoms with Crippen LogP contribution < -0.4 is 5.32 Å². The summed E-state index contributed by atoms with van der Waals surface area (Å²) in [5.41, 5.74) is 0. The van der Waals surface area contributed by atoms with Gasteiger partial charge in [0, 0.05) is 12.6 Å². The number of rotatable bonds is 4. The van der Waals surface area contributed by atoms with E-state index in [0.29, 0.717) is 6.04 Å². The fraction of sp³-hybridized carbons (Fsp3) is 1.00. The molecule has 2 rings (SSSR count). The van der Waals surface area contributed by atoms with Crippen LogP contribution in [0.15, 0.2) is 0 Å². The molecule has 3 nitrogen and oxygen atoms in total. The highest BCUT2D eigenvalue weighted by molar-refractivity contribution is 4.83. The van der Waals surface area contributed by atoms with Gasteiger partial charge in [-0.25, -0.2) is 0 Å². The summed E-state index contributed by atoms with van der Waals surface area (Å²) in [6, 6.07) is 1.38. The van der Waals surface area contributed by atoms with Gasteiger partial charge in [-0.1, -0.05) is 13.8 Å². The van der Waals surface area contributed by atoms with E-state index in [1.807, 2.05) is 0 Å². The molecule has 2 saturated heterocycles. The largest absolute Gasteiger partial charge is 0.378 e. The molecule has 0 aromatic carbocycles. The smallest absolute Gasteiger partial charge is 0.0643 e. The summed E-state index contributed by atoms with van der Waals surface area (Å²) < 4.78 is 5.18. The number of likely N-dealkylation sites (tertiary alicyclic amines) is 1. The van der Waals surface area contributed by atoms with Crippen LogP contribution in [-0.4, -0.2) is 49.8 Å². The molecule has 0 radical (unpaired) electrons. The second-order valence-corrected chi connectivity index (χ2v) is 5.37. The molecule has 0 amide bonds. The molecular formula is C12H24N2O. The molecule has 0 spiro atoms. The molecule has 2 fully saturated rings. The maximum Gasteiger partial charge on any atom is 0.0643 e. The van der Waals surface area contributed by atoms with Gasteiger partial charge < -0.3 is 15.0 Å². The Hall–Kier alpha value is -0.120. The molecule has 0 aliphatic carbocycles. The van der Waals surface area contributed by atoms with Crippen molar-refractivity contribution in [3.63, 3.8) is 0 Å². The third-order valence-corrected chi connectivity index (χ3v) is 3.32. The van der Waals surface area contributed by atoms with Crippen LogP contribution in [0.5, 0.6) is 0 Å². The SMILES string of the molecule is CC(C)CN1CCC(NC2COC2)CC1. The van der Waals surface area contributed by atoms with E-state index in [9.17, 15) is 0 Å². The normalized spacial score (nSPS) is 25.8. The van der Waals surface area contributed by atoms with E-state index in [0.717, 1.165) is 25.2 Å². The molecule has 2 heterocycles. The van der Waals surface area contributed by atoms with E-state index in [-0.39, 0.29) is 0 Å². The molecule has 2 aliphatic heterocycles. The van der Waals surface area contributed by atoms with Crippen molar-refractivity contribution < 1.29 is 4.74 Å². The lowest BCUT2D eigenvalue weighted by Gasteiger charge is -2.37. The number of hydrogen-bond acceptors (Lipinski definition) is 3. The molecule has 2 aliphatic rings. The van der Waals surface area contributed by atoms with Crippen LogP contribution in [-0.2, 0) is 4.74 Å². The van der Waals surface area contributed by atoms with Crippen LogP contribution in [0.25, 0.3) is 0 Å². The molecule has 0 unspecified atom stereocenters. The zero-order valence-electron chi connectivity index (χ0n) is 10.0. The first kappa shape index (κ1) is 11.4. The highest BCUT2D eigenvalue weighted by Crippen LogP contribution is 2.14. The van der Waals surface area contributed by atoms with Crippen molar-refractivity contribution in [2.24, 2.45) is 5.92 Å². The van der Waals surface area contributed by atoms with Gasteiger partial charge in [0.15, 0.2) is 0 Å².